The first kappa shape index (κ1) is 14.8. The summed E-state index contributed by atoms with van der Waals surface area (Å²) >= 11 is 9.16. The van der Waals surface area contributed by atoms with Crippen LogP contribution in [0.4, 0.5) is 5.69 Å². The molecule has 0 fully saturated rings. The minimum atomic E-state index is -0.282. The van der Waals surface area contributed by atoms with Gasteiger partial charge in [0, 0.05) is 27.4 Å². The fourth-order valence-corrected chi connectivity index (χ4v) is 2.25. The number of hydrogen-bond donors (Lipinski definition) is 1. The maximum Gasteiger partial charge on any atom is 0.251 e. The van der Waals surface area contributed by atoms with Gasteiger partial charge in [-0.2, -0.15) is 0 Å². The molecule has 0 bridgehead atoms. The zero-order valence-electron chi connectivity index (χ0n) is 10.7. The molecule has 0 radical (unpaired) electrons. The van der Waals surface area contributed by atoms with Gasteiger partial charge in [0.2, 0.25) is 5.91 Å². The molecule has 20 heavy (non-hydrogen) atoms. The summed E-state index contributed by atoms with van der Waals surface area (Å²) in [6.07, 6.45) is 1.58. The molecule has 2 rings (SSSR count). The molecule has 0 unspecified atom stereocenters. The highest BCUT2D eigenvalue weighted by Crippen LogP contribution is 2.20. The Balaban J connectivity index is 2.15. The van der Waals surface area contributed by atoms with Crippen molar-refractivity contribution in [1.82, 2.24) is 4.57 Å². The Bertz CT molecular complexity index is 713. The molecule has 0 aliphatic rings. The molecule has 1 heterocycles. The van der Waals surface area contributed by atoms with Crippen molar-refractivity contribution in [2.75, 3.05) is 5.32 Å². The average Bonchev–Trinajstić information content (AvgIpc) is 2.38. The number of carbonyl (C=O) groups is 1. The Kier molecular flexibility index (Phi) is 4.62. The highest BCUT2D eigenvalue weighted by Gasteiger charge is 2.07. The van der Waals surface area contributed by atoms with Crippen LogP contribution >= 0.6 is 27.5 Å². The van der Waals surface area contributed by atoms with Crippen molar-refractivity contribution in [2.24, 2.45) is 0 Å². The molecule has 1 amide bonds. The Morgan fingerprint density at radius 2 is 2.10 bits per heavy atom. The summed E-state index contributed by atoms with van der Waals surface area (Å²) < 4.78 is 2.07. The number of nitrogens with zero attached hydrogens (tertiary/aromatic N) is 1. The van der Waals surface area contributed by atoms with Gasteiger partial charge in [-0.15, -0.1) is 0 Å². The maximum atomic E-state index is 12.0. The lowest BCUT2D eigenvalue weighted by molar-refractivity contribution is -0.116. The number of halogens is 2. The minimum Gasteiger partial charge on any atom is -0.324 e. The molecule has 0 aliphatic carbocycles. The van der Waals surface area contributed by atoms with Gasteiger partial charge >= 0.3 is 0 Å². The molecule has 2 aromatic rings. The van der Waals surface area contributed by atoms with Crippen LogP contribution in [-0.4, -0.2) is 10.5 Å². The van der Waals surface area contributed by atoms with Crippen molar-refractivity contribution in [3.8, 4) is 0 Å². The van der Waals surface area contributed by atoms with E-state index in [1.165, 1.54) is 10.6 Å². The topological polar surface area (TPSA) is 51.1 Å². The van der Waals surface area contributed by atoms with Gasteiger partial charge in [0.1, 0.15) is 6.54 Å². The van der Waals surface area contributed by atoms with Crippen molar-refractivity contribution < 1.29 is 4.79 Å². The summed E-state index contributed by atoms with van der Waals surface area (Å²) in [5.74, 6) is -0.282. The zero-order chi connectivity index (χ0) is 14.7. The molecular formula is C14H12BrClN2O2. The molecule has 0 saturated heterocycles. The second kappa shape index (κ2) is 6.24. The summed E-state index contributed by atoms with van der Waals surface area (Å²) in [4.78, 5) is 23.6. The number of aryl methyl sites for hydroxylation is 1. The molecule has 1 N–H and O–H groups in total. The van der Waals surface area contributed by atoms with Gasteiger partial charge in [0.15, 0.2) is 0 Å². The fraction of sp³-hybridized carbons (Fsp3) is 0.143. The van der Waals surface area contributed by atoms with Crippen LogP contribution in [0.5, 0.6) is 0 Å². The molecule has 4 nitrogen and oxygen atoms in total. The van der Waals surface area contributed by atoms with Crippen LogP contribution in [0.1, 0.15) is 5.56 Å². The second-order valence-corrected chi connectivity index (χ2v) is 5.67. The number of benzene rings is 1. The number of rotatable bonds is 3. The second-order valence-electron chi connectivity index (χ2n) is 4.32. The number of pyridine rings is 1. The molecule has 1 aromatic heterocycles. The summed E-state index contributed by atoms with van der Waals surface area (Å²) in [6, 6.07) is 8.30. The first-order chi connectivity index (χ1) is 9.45. The predicted octanol–water partition coefficient (Wildman–Crippen LogP) is 3.21. The summed E-state index contributed by atoms with van der Waals surface area (Å²) in [5, 5.41) is 3.29. The third-order valence-electron chi connectivity index (χ3n) is 2.74. The maximum absolute atomic E-state index is 12.0. The standard InChI is InChI=1S/C14H12BrClN2O2/c1-9-2-4-11(16)6-12(9)17-13(19)8-18-7-10(15)3-5-14(18)20/h2-7H,8H2,1H3,(H,17,19). The van der Waals surface area contributed by atoms with E-state index in [9.17, 15) is 9.59 Å². The van der Waals surface area contributed by atoms with Gasteiger partial charge < -0.3 is 9.88 Å². The van der Waals surface area contributed by atoms with Crippen LogP contribution in [0.2, 0.25) is 5.02 Å². The molecular weight excluding hydrogens is 344 g/mol. The smallest absolute Gasteiger partial charge is 0.251 e. The quantitative estimate of drug-likeness (QED) is 0.919. The van der Waals surface area contributed by atoms with Crippen LogP contribution in [-0.2, 0) is 11.3 Å². The number of aromatic nitrogens is 1. The molecule has 0 saturated carbocycles. The summed E-state index contributed by atoms with van der Waals surface area (Å²) in [5.41, 5.74) is 1.32. The first-order valence-electron chi connectivity index (χ1n) is 5.88. The number of hydrogen-bond acceptors (Lipinski definition) is 2. The van der Waals surface area contributed by atoms with Crippen molar-refractivity contribution in [1.29, 1.82) is 0 Å². The zero-order valence-corrected chi connectivity index (χ0v) is 13.0. The van der Waals surface area contributed by atoms with Crippen molar-refractivity contribution >= 4 is 39.1 Å². The molecule has 0 atom stereocenters. The van der Waals surface area contributed by atoms with E-state index in [1.54, 1.807) is 24.4 Å². The Hall–Kier alpha value is -1.59. The summed E-state index contributed by atoms with van der Waals surface area (Å²) in [6.45, 7) is 1.82. The molecule has 6 heteroatoms. The highest BCUT2D eigenvalue weighted by atomic mass is 79.9. The highest BCUT2D eigenvalue weighted by molar-refractivity contribution is 9.10. The molecule has 0 spiro atoms. The van der Waals surface area contributed by atoms with Gasteiger partial charge in [-0.25, -0.2) is 0 Å². The van der Waals surface area contributed by atoms with Gasteiger partial charge in [-0.3, -0.25) is 9.59 Å². The van der Waals surface area contributed by atoms with Crippen LogP contribution < -0.4 is 10.9 Å². The first-order valence-corrected chi connectivity index (χ1v) is 7.05. The lowest BCUT2D eigenvalue weighted by Gasteiger charge is -2.10. The van der Waals surface area contributed by atoms with Gasteiger partial charge in [-0.1, -0.05) is 17.7 Å². The fourth-order valence-electron chi connectivity index (χ4n) is 1.70. The van der Waals surface area contributed by atoms with Crippen molar-refractivity contribution in [3.63, 3.8) is 0 Å². The largest absolute Gasteiger partial charge is 0.324 e. The Morgan fingerprint density at radius 1 is 1.35 bits per heavy atom. The molecule has 104 valence electrons. The minimum absolute atomic E-state index is 0.0514. The van der Waals surface area contributed by atoms with E-state index in [1.807, 2.05) is 13.0 Å². The van der Waals surface area contributed by atoms with E-state index in [4.69, 9.17) is 11.6 Å². The Morgan fingerprint density at radius 3 is 2.85 bits per heavy atom. The average molecular weight is 356 g/mol. The number of nitrogens with one attached hydrogen (secondary N) is 1. The van der Waals surface area contributed by atoms with E-state index in [0.717, 1.165) is 10.0 Å². The van der Waals surface area contributed by atoms with Crippen molar-refractivity contribution in [2.45, 2.75) is 13.5 Å². The van der Waals surface area contributed by atoms with Crippen LogP contribution in [0.15, 0.2) is 45.8 Å². The van der Waals surface area contributed by atoms with Crippen molar-refractivity contribution in [3.05, 3.63) is 61.9 Å². The molecule has 1 aromatic carbocycles. The van der Waals surface area contributed by atoms with E-state index in [2.05, 4.69) is 21.2 Å². The lowest BCUT2D eigenvalue weighted by atomic mass is 10.2. The van der Waals surface area contributed by atoms with Crippen LogP contribution in [0.25, 0.3) is 0 Å². The van der Waals surface area contributed by atoms with Gasteiger partial charge in [-0.05, 0) is 46.6 Å². The lowest BCUT2D eigenvalue weighted by Crippen LogP contribution is -2.26. The third-order valence-corrected chi connectivity index (χ3v) is 3.44. The monoisotopic (exact) mass is 354 g/mol. The summed E-state index contributed by atoms with van der Waals surface area (Å²) in [7, 11) is 0. The van der Waals surface area contributed by atoms with Crippen LogP contribution in [0, 0.1) is 6.92 Å². The Labute approximate surface area is 129 Å². The van der Waals surface area contributed by atoms with Crippen LogP contribution in [0.3, 0.4) is 0 Å². The van der Waals surface area contributed by atoms with E-state index in [0.29, 0.717) is 10.7 Å². The van der Waals surface area contributed by atoms with E-state index >= 15 is 0 Å². The predicted molar refractivity (Wildman–Crippen MR) is 83.2 cm³/mol. The SMILES string of the molecule is Cc1ccc(Cl)cc1NC(=O)Cn1cc(Br)ccc1=O. The van der Waals surface area contributed by atoms with E-state index in [-0.39, 0.29) is 18.0 Å². The number of amides is 1. The van der Waals surface area contributed by atoms with Gasteiger partial charge in [0.25, 0.3) is 5.56 Å². The number of carbonyl (C=O) groups excluding carboxylic acids is 1. The number of anilines is 1. The third kappa shape index (κ3) is 3.71. The molecule has 0 aliphatic heterocycles. The normalized spacial score (nSPS) is 10.3. The van der Waals surface area contributed by atoms with E-state index < -0.39 is 0 Å². The van der Waals surface area contributed by atoms with Gasteiger partial charge in [0.05, 0.1) is 0 Å².